The van der Waals surface area contributed by atoms with E-state index in [4.69, 9.17) is 22.1 Å². The smallest absolute Gasteiger partial charge is 0.265 e. The normalized spacial score (nSPS) is 16.9. The lowest BCUT2D eigenvalue weighted by Gasteiger charge is -2.41. The minimum atomic E-state index is -0.683. The zero-order valence-electron chi connectivity index (χ0n) is 22.4. The van der Waals surface area contributed by atoms with Crippen LogP contribution in [0.1, 0.15) is 29.6 Å². The molecule has 2 aliphatic heterocycles. The molecule has 202 valence electrons. The highest BCUT2D eigenvalue weighted by atomic mass is 35.5. The van der Waals surface area contributed by atoms with Gasteiger partial charge in [0.05, 0.1) is 17.8 Å². The lowest BCUT2D eigenvalue weighted by molar-refractivity contribution is 0.0999. The SMILES string of the molecule is COCCN(C)c1ccc2c(N3CCC4(CCN(c5cccc(Cl)c5)C4)CC3)c(C(N)=O)c(=O)n(C)c2c1. The maximum absolute atomic E-state index is 13.4. The van der Waals surface area contributed by atoms with Gasteiger partial charge in [-0.25, -0.2) is 0 Å². The summed E-state index contributed by atoms with van der Waals surface area (Å²) in [6.45, 7) is 4.84. The number of carbonyl (C=O) groups excluding carboxylic acids is 1. The largest absolute Gasteiger partial charge is 0.383 e. The third-order valence-electron chi connectivity index (χ3n) is 8.42. The van der Waals surface area contributed by atoms with Gasteiger partial charge in [0.2, 0.25) is 0 Å². The van der Waals surface area contributed by atoms with Crippen molar-refractivity contribution < 1.29 is 9.53 Å². The number of pyridine rings is 1. The number of primary amides is 1. The number of halogens is 1. The summed E-state index contributed by atoms with van der Waals surface area (Å²) < 4.78 is 6.76. The number of hydrogen-bond acceptors (Lipinski definition) is 6. The number of methoxy groups -OCH3 is 1. The van der Waals surface area contributed by atoms with E-state index in [2.05, 4.69) is 20.8 Å². The number of anilines is 3. The minimum absolute atomic E-state index is 0.0726. The third kappa shape index (κ3) is 4.83. The Morgan fingerprint density at radius 2 is 1.82 bits per heavy atom. The van der Waals surface area contributed by atoms with Gasteiger partial charge in [-0.05, 0) is 61.1 Å². The maximum Gasteiger partial charge on any atom is 0.265 e. The second-order valence-electron chi connectivity index (χ2n) is 10.7. The van der Waals surface area contributed by atoms with Crippen molar-refractivity contribution in [1.82, 2.24) is 4.57 Å². The number of aryl methyl sites for hydroxylation is 1. The highest BCUT2D eigenvalue weighted by Gasteiger charge is 2.41. The Morgan fingerprint density at radius 3 is 2.47 bits per heavy atom. The molecule has 2 saturated heterocycles. The summed E-state index contributed by atoms with van der Waals surface area (Å²) in [5.74, 6) is -0.683. The van der Waals surface area contributed by atoms with Crippen LogP contribution in [0.15, 0.2) is 47.3 Å². The third-order valence-corrected chi connectivity index (χ3v) is 8.66. The van der Waals surface area contributed by atoms with Gasteiger partial charge in [-0.3, -0.25) is 9.59 Å². The molecule has 2 N–H and O–H groups in total. The van der Waals surface area contributed by atoms with Crippen molar-refractivity contribution in [3.8, 4) is 0 Å². The van der Waals surface area contributed by atoms with Gasteiger partial charge in [0, 0.05) is 75.7 Å². The molecule has 2 fully saturated rings. The molecule has 3 heterocycles. The average Bonchev–Trinajstić information content (AvgIpc) is 3.32. The number of carbonyl (C=O) groups is 1. The Hall–Kier alpha value is -3.23. The molecule has 8 nitrogen and oxygen atoms in total. The molecule has 0 unspecified atom stereocenters. The van der Waals surface area contributed by atoms with Gasteiger partial charge in [-0.15, -0.1) is 0 Å². The van der Waals surface area contributed by atoms with Crippen molar-refractivity contribution in [3.63, 3.8) is 0 Å². The second kappa shape index (κ2) is 10.5. The average molecular weight is 538 g/mol. The standard InChI is InChI=1S/C29H36ClN5O3/c1-32(15-16-38-3)21-7-8-23-24(18-21)33(2)28(37)25(27(31)36)26(23)34-12-9-29(10-13-34)11-14-35(19-29)22-6-4-5-20(30)17-22/h4-8,17-18H,9-16,19H2,1-3H3,(H2,31,36). The number of benzene rings is 2. The fraction of sp³-hybridized carbons (Fsp3) is 0.448. The van der Waals surface area contributed by atoms with Gasteiger partial charge >= 0.3 is 0 Å². The van der Waals surface area contributed by atoms with Crippen molar-refractivity contribution >= 4 is 45.5 Å². The zero-order chi connectivity index (χ0) is 27.0. The van der Waals surface area contributed by atoms with E-state index in [1.165, 1.54) is 4.57 Å². The zero-order valence-corrected chi connectivity index (χ0v) is 23.1. The molecule has 1 aromatic heterocycles. The Bertz CT molecular complexity index is 1410. The van der Waals surface area contributed by atoms with Gasteiger partial charge in [-0.2, -0.15) is 0 Å². The van der Waals surface area contributed by atoms with Crippen molar-refractivity contribution in [2.75, 3.05) is 68.2 Å². The molecule has 1 spiro atoms. The number of hydrogen-bond donors (Lipinski definition) is 1. The van der Waals surface area contributed by atoms with Gasteiger partial charge in [0.1, 0.15) is 5.56 Å². The number of rotatable bonds is 7. The summed E-state index contributed by atoms with van der Waals surface area (Å²) in [4.78, 5) is 32.7. The van der Waals surface area contributed by atoms with Crippen LogP contribution in [0.25, 0.3) is 10.9 Å². The van der Waals surface area contributed by atoms with Crippen LogP contribution in [0.5, 0.6) is 0 Å². The van der Waals surface area contributed by atoms with Gasteiger partial charge in [0.25, 0.3) is 11.5 Å². The molecular formula is C29H36ClN5O3. The topological polar surface area (TPSA) is 84.0 Å². The predicted octanol–water partition coefficient (Wildman–Crippen LogP) is 3.87. The Morgan fingerprint density at radius 1 is 1.11 bits per heavy atom. The quantitative estimate of drug-likeness (QED) is 0.492. The lowest BCUT2D eigenvalue weighted by atomic mass is 9.77. The predicted molar refractivity (Wildman–Crippen MR) is 155 cm³/mol. The monoisotopic (exact) mass is 537 g/mol. The van der Waals surface area contributed by atoms with E-state index in [9.17, 15) is 9.59 Å². The van der Waals surface area contributed by atoms with Crippen LogP contribution >= 0.6 is 11.6 Å². The van der Waals surface area contributed by atoms with Gasteiger partial charge in [0.15, 0.2) is 0 Å². The van der Waals surface area contributed by atoms with E-state index in [1.807, 2.05) is 43.4 Å². The second-order valence-corrected chi connectivity index (χ2v) is 11.1. The summed E-state index contributed by atoms with van der Waals surface area (Å²) in [6.07, 6.45) is 3.08. The number of ether oxygens (including phenoxy) is 1. The molecular weight excluding hydrogens is 502 g/mol. The first kappa shape index (κ1) is 26.4. The molecule has 0 saturated carbocycles. The van der Waals surface area contributed by atoms with E-state index in [0.29, 0.717) is 12.3 Å². The molecule has 2 aromatic carbocycles. The summed E-state index contributed by atoms with van der Waals surface area (Å²) in [5.41, 5.74) is 9.32. The van der Waals surface area contributed by atoms with Gasteiger partial charge < -0.3 is 29.7 Å². The van der Waals surface area contributed by atoms with E-state index in [-0.39, 0.29) is 16.5 Å². The highest BCUT2D eigenvalue weighted by Crippen LogP contribution is 2.44. The van der Waals surface area contributed by atoms with E-state index >= 15 is 0 Å². The molecule has 0 bridgehead atoms. The van der Waals surface area contributed by atoms with Crippen molar-refractivity contribution in [2.45, 2.75) is 19.3 Å². The maximum atomic E-state index is 13.4. The van der Waals surface area contributed by atoms with Gasteiger partial charge in [-0.1, -0.05) is 17.7 Å². The molecule has 0 radical (unpaired) electrons. The number of nitrogens with zero attached hydrogens (tertiary/aromatic N) is 4. The Kier molecular flexibility index (Phi) is 7.29. The number of nitrogens with two attached hydrogens (primary N) is 1. The van der Waals surface area contributed by atoms with Crippen LogP contribution in [-0.2, 0) is 11.8 Å². The van der Waals surface area contributed by atoms with Crippen LogP contribution in [0.4, 0.5) is 17.1 Å². The summed E-state index contributed by atoms with van der Waals surface area (Å²) in [6, 6.07) is 14.1. The number of likely N-dealkylation sites (N-methyl/N-ethyl adjacent to an activating group) is 1. The minimum Gasteiger partial charge on any atom is -0.383 e. The molecule has 3 aromatic rings. The van der Waals surface area contributed by atoms with Crippen LogP contribution in [0.3, 0.4) is 0 Å². The van der Waals surface area contributed by atoms with E-state index in [1.54, 1.807) is 14.2 Å². The number of piperidine rings is 1. The molecule has 5 rings (SSSR count). The summed E-state index contributed by atoms with van der Waals surface area (Å²) in [5, 5.41) is 1.62. The molecule has 9 heteroatoms. The summed E-state index contributed by atoms with van der Waals surface area (Å²) in [7, 11) is 5.38. The molecule has 1 amide bonds. The number of amides is 1. The van der Waals surface area contributed by atoms with E-state index < -0.39 is 5.91 Å². The molecule has 0 aliphatic carbocycles. The first-order valence-electron chi connectivity index (χ1n) is 13.2. The lowest BCUT2D eigenvalue weighted by Crippen LogP contribution is -2.43. The van der Waals surface area contributed by atoms with E-state index in [0.717, 1.165) is 79.3 Å². The van der Waals surface area contributed by atoms with Crippen molar-refractivity contribution in [3.05, 3.63) is 63.4 Å². The van der Waals surface area contributed by atoms with Crippen LogP contribution in [0.2, 0.25) is 5.02 Å². The molecule has 0 atom stereocenters. The first-order valence-corrected chi connectivity index (χ1v) is 13.5. The van der Waals surface area contributed by atoms with Crippen molar-refractivity contribution in [2.24, 2.45) is 18.2 Å². The van der Waals surface area contributed by atoms with Crippen LogP contribution < -0.4 is 26.0 Å². The fourth-order valence-electron chi connectivity index (χ4n) is 6.10. The fourth-order valence-corrected chi connectivity index (χ4v) is 6.28. The summed E-state index contributed by atoms with van der Waals surface area (Å²) >= 11 is 6.24. The molecule has 2 aliphatic rings. The van der Waals surface area contributed by atoms with Crippen LogP contribution in [0, 0.1) is 5.41 Å². The Balaban J connectivity index is 1.45. The Labute approximate surface area is 228 Å². The van der Waals surface area contributed by atoms with Crippen LogP contribution in [-0.4, -0.2) is 64.0 Å². The number of fused-ring (bicyclic) bond motifs is 1. The first-order chi connectivity index (χ1) is 18.2. The number of aromatic nitrogens is 1. The van der Waals surface area contributed by atoms with Crippen molar-refractivity contribution in [1.29, 1.82) is 0 Å². The highest BCUT2D eigenvalue weighted by molar-refractivity contribution is 6.30. The molecule has 38 heavy (non-hydrogen) atoms.